The Morgan fingerprint density at radius 1 is 1.33 bits per heavy atom. The van der Waals surface area contributed by atoms with Crippen molar-refractivity contribution in [1.82, 2.24) is 5.32 Å². The van der Waals surface area contributed by atoms with E-state index in [2.05, 4.69) is 0 Å². The van der Waals surface area contributed by atoms with Gasteiger partial charge in [-0.3, -0.25) is 0 Å². The maximum absolute atomic E-state index is 8.02. The molecule has 84 valence electrons. The number of benzene rings is 1. The van der Waals surface area contributed by atoms with E-state index in [0.717, 1.165) is 0 Å². The molecule has 15 heavy (non-hydrogen) atoms. The van der Waals surface area contributed by atoms with Crippen LogP contribution in [0.5, 0.6) is 5.75 Å². The van der Waals surface area contributed by atoms with Crippen LogP contribution in [0.1, 0.15) is 11.0 Å². The maximum atomic E-state index is 8.02. The third-order valence-corrected chi connectivity index (χ3v) is 1.79. The topological polar surface area (TPSA) is 24.5 Å². The molecule has 1 fully saturated rings. The van der Waals surface area contributed by atoms with Gasteiger partial charge in [0.05, 0.1) is 18.3 Å². The van der Waals surface area contributed by atoms with Gasteiger partial charge in [0, 0.05) is 31.5 Å². The van der Waals surface area contributed by atoms with Crippen molar-refractivity contribution in [3.05, 3.63) is 24.3 Å². The number of ether oxygens (including phenoxy) is 1. The normalized spacial score (nSPS) is 37.0. The Morgan fingerprint density at radius 2 is 2.00 bits per heavy atom. The molecule has 1 N–H and O–H groups in total. The predicted octanol–water partition coefficient (Wildman–Crippen LogP) is 1.53. The van der Waals surface area contributed by atoms with E-state index >= 15 is 0 Å². The van der Waals surface area contributed by atoms with Crippen molar-refractivity contribution < 1.29 is 15.7 Å². The number of halogens is 1. The van der Waals surface area contributed by atoms with Crippen LogP contribution in [0.25, 0.3) is 0 Å². The Kier molecular flexibility index (Phi) is 1.92. The lowest BCUT2D eigenvalue weighted by atomic mass is 10.2. The Hall–Kier alpha value is -0.930. The van der Waals surface area contributed by atoms with E-state index in [1.807, 2.05) is 0 Å². The molecule has 1 saturated heterocycles. The summed E-state index contributed by atoms with van der Waals surface area (Å²) in [7, 11) is 1.31. The van der Waals surface area contributed by atoms with Gasteiger partial charge in [0.15, 0.2) is 0 Å². The number of hydrogen-bond donors (Lipinski definition) is 1. The molecular formula is C11H17ClN2O. The first-order valence-electron chi connectivity index (χ1n) is 8.11. The minimum atomic E-state index is -2.86. The van der Waals surface area contributed by atoms with Crippen LogP contribution >= 0.6 is 12.4 Å². The second kappa shape index (κ2) is 5.83. The first-order chi connectivity index (χ1) is 9.88. The highest BCUT2D eigenvalue weighted by Gasteiger charge is 2.13. The van der Waals surface area contributed by atoms with Gasteiger partial charge in [-0.2, -0.15) is 0 Å². The van der Waals surface area contributed by atoms with Crippen molar-refractivity contribution in [2.75, 3.05) is 38.0 Å². The quantitative estimate of drug-likeness (QED) is 0.843. The predicted molar refractivity (Wildman–Crippen MR) is 65.3 cm³/mol. The molecule has 0 saturated carbocycles. The van der Waals surface area contributed by atoms with E-state index in [-0.39, 0.29) is 23.8 Å². The smallest absolute Gasteiger partial charge is 0.142 e. The molecule has 0 radical (unpaired) electrons. The van der Waals surface area contributed by atoms with Gasteiger partial charge in [0.2, 0.25) is 0 Å². The summed E-state index contributed by atoms with van der Waals surface area (Å²) in [5, 5.41) is 1.78. The van der Waals surface area contributed by atoms with Crippen LogP contribution < -0.4 is 15.0 Å². The molecular weight excluding hydrogens is 212 g/mol. The number of nitrogens with zero attached hydrogens (tertiary/aromatic N) is 1. The van der Waals surface area contributed by atoms with Crippen LogP contribution in [0, 0.1) is 0 Å². The molecule has 0 atom stereocenters. The number of rotatable bonds is 2. The second-order valence-corrected chi connectivity index (χ2v) is 2.61. The van der Waals surface area contributed by atoms with Crippen molar-refractivity contribution in [3.63, 3.8) is 0 Å². The summed E-state index contributed by atoms with van der Waals surface area (Å²) in [5.74, 6) is 0.115. The lowest BCUT2D eigenvalue weighted by Gasteiger charge is -2.30. The molecule has 0 aromatic heterocycles. The molecule has 1 aromatic rings. The van der Waals surface area contributed by atoms with Gasteiger partial charge in [-0.25, -0.2) is 0 Å². The lowest BCUT2D eigenvalue weighted by molar-refractivity contribution is 0.413. The molecule has 0 bridgehead atoms. The van der Waals surface area contributed by atoms with Crippen molar-refractivity contribution in [2.45, 2.75) is 0 Å². The van der Waals surface area contributed by atoms with Gasteiger partial charge in [-0.15, -0.1) is 12.4 Å². The fourth-order valence-electron chi connectivity index (χ4n) is 1.16. The maximum Gasteiger partial charge on any atom is 0.142 e. The Bertz CT molecular complexity index is 557. The van der Waals surface area contributed by atoms with Gasteiger partial charge >= 0.3 is 0 Å². The molecule has 0 spiro atoms. The summed E-state index contributed by atoms with van der Waals surface area (Å²) in [5.41, 5.74) is -0.0748. The zero-order chi connectivity index (χ0) is 17.0. The van der Waals surface area contributed by atoms with E-state index < -0.39 is 26.0 Å². The Labute approximate surface area is 108 Å². The van der Waals surface area contributed by atoms with Gasteiger partial charge < -0.3 is 15.0 Å². The number of hydrogen-bond acceptors (Lipinski definition) is 3. The molecule has 1 heterocycles. The van der Waals surface area contributed by atoms with Crippen LogP contribution in [-0.4, -0.2) is 33.1 Å². The Balaban J connectivity index is 0.00000264. The zero-order valence-electron chi connectivity index (χ0n) is 16.1. The number of piperazine rings is 1. The SMILES string of the molecule is Cl.[2H]C1([2H])NC([2H])([2H])C([2H])([2H])N(c2ccccc2OC)C1([2H])[2H]. The lowest BCUT2D eigenvalue weighted by Crippen LogP contribution is -2.43. The summed E-state index contributed by atoms with van der Waals surface area (Å²) in [6.45, 7) is -11.4. The van der Waals surface area contributed by atoms with Crippen LogP contribution in [0.15, 0.2) is 24.3 Å². The fourth-order valence-corrected chi connectivity index (χ4v) is 1.16. The second-order valence-electron chi connectivity index (χ2n) is 2.61. The highest BCUT2D eigenvalue weighted by molar-refractivity contribution is 5.85. The number of nitrogens with one attached hydrogen (secondary N) is 1. The van der Waals surface area contributed by atoms with Gasteiger partial charge in [-0.05, 0) is 12.1 Å². The van der Waals surface area contributed by atoms with E-state index in [0.29, 0.717) is 4.90 Å². The molecule has 4 heteroatoms. The van der Waals surface area contributed by atoms with E-state index in [9.17, 15) is 0 Å². The van der Waals surface area contributed by atoms with Crippen LogP contribution in [0.4, 0.5) is 5.69 Å². The first-order valence-corrected chi connectivity index (χ1v) is 4.11. The average molecular weight is 237 g/mol. The summed E-state index contributed by atoms with van der Waals surface area (Å²) in [6, 6.07) is 5.93. The number of methoxy groups -OCH3 is 1. The average Bonchev–Trinajstić information content (AvgIpc) is 2.36. The van der Waals surface area contributed by atoms with Crippen molar-refractivity contribution in [2.24, 2.45) is 0 Å². The van der Waals surface area contributed by atoms with E-state index in [4.69, 9.17) is 15.7 Å². The monoisotopic (exact) mass is 236 g/mol. The third kappa shape index (κ3) is 2.76. The van der Waals surface area contributed by atoms with Gasteiger partial charge in [0.25, 0.3) is 0 Å². The van der Waals surface area contributed by atoms with Crippen molar-refractivity contribution in [1.29, 1.82) is 0 Å². The molecule has 3 nitrogen and oxygen atoms in total. The molecule has 0 amide bonds. The molecule has 1 aliphatic rings. The van der Waals surface area contributed by atoms with Crippen LogP contribution in [0.2, 0.25) is 0 Å². The van der Waals surface area contributed by atoms with Gasteiger partial charge in [0.1, 0.15) is 5.75 Å². The standard InChI is InChI=1S/C11H16N2O.ClH/c1-14-11-5-3-2-4-10(11)13-8-6-12-7-9-13;/h2-5,12H,6-9H2,1H3;1H/i6D2,7D2,8D2,9D2;. The number of para-hydroxylation sites is 2. The van der Waals surface area contributed by atoms with Crippen molar-refractivity contribution >= 4 is 18.1 Å². The first kappa shape index (κ1) is 4.93. The fraction of sp³-hybridized carbons (Fsp3) is 0.455. The van der Waals surface area contributed by atoms with E-state index in [1.54, 1.807) is 11.4 Å². The molecule has 0 unspecified atom stereocenters. The highest BCUT2D eigenvalue weighted by Crippen LogP contribution is 2.27. The summed E-state index contributed by atoms with van der Waals surface area (Å²) < 4.78 is 68.2. The Morgan fingerprint density at radius 3 is 2.67 bits per heavy atom. The summed E-state index contributed by atoms with van der Waals surface area (Å²) in [4.78, 5) is 0.454. The molecule has 1 aliphatic heterocycles. The largest absolute Gasteiger partial charge is 0.495 e. The van der Waals surface area contributed by atoms with Crippen LogP contribution in [-0.2, 0) is 0 Å². The summed E-state index contributed by atoms with van der Waals surface area (Å²) >= 11 is 0. The van der Waals surface area contributed by atoms with Crippen molar-refractivity contribution in [3.8, 4) is 5.75 Å². The van der Waals surface area contributed by atoms with E-state index in [1.165, 1.54) is 25.3 Å². The van der Waals surface area contributed by atoms with Gasteiger partial charge in [-0.1, -0.05) is 12.1 Å². The minimum absolute atomic E-state index is 0. The zero-order valence-corrected chi connectivity index (χ0v) is 8.89. The van der Waals surface area contributed by atoms with Crippen LogP contribution in [0.3, 0.4) is 0 Å². The third-order valence-electron chi connectivity index (χ3n) is 1.79. The molecule has 2 rings (SSSR count). The highest BCUT2D eigenvalue weighted by atomic mass is 35.5. The number of anilines is 1. The minimum Gasteiger partial charge on any atom is -0.495 e. The molecule has 0 aliphatic carbocycles. The summed E-state index contributed by atoms with van der Waals surface area (Å²) in [6.07, 6.45) is 0. The molecule has 1 aromatic carbocycles.